The molecule has 1 heterocycles. The predicted octanol–water partition coefficient (Wildman–Crippen LogP) is 2.67. The molecule has 2 saturated carbocycles. The molecule has 2 aliphatic rings. The van der Waals surface area contributed by atoms with E-state index in [0.717, 1.165) is 25.4 Å². The van der Waals surface area contributed by atoms with Crippen molar-refractivity contribution in [3.63, 3.8) is 0 Å². The first-order chi connectivity index (χ1) is 9.85. The van der Waals surface area contributed by atoms with Crippen LogP contribution in [0.25, 0.3) is 0 Å². The molecule has 112 valence electrons. The van der Waals surface area contributed by atoms with Crippen LogP contribution in [0.4, 0.5) is 0 Å². The van der Waals surface area contributed by atoms with Crippen molar-refractivity contribution in [1.29, 1.82) is 0 Å². The van der Waals surface area contributed by atoms with Crippen LogP contribution in [0.2, 0.25) is 0 Å². The smallest absolute Gasteiger partial charge is 0.107 e. The van der Waals surface area contributed by atoms with Crippen molar-refractivity contribution >= 4 is 0 Å². The molecule has 4 heteroatoms. The second-order valence-corrected chi connectivity index (χ2v) is 6.27. The van der Waals surface area contributed by atoms with E-state index in [1.165, 1.54) is 38.5 Å². The van der Waals surface area contributed by atoms with Crippen LogP contribution in [-0.2, 0) is 11.2 Å². The zero-order valence-corrected chi connectivity index (χ0v) is 12.5. The van der Waals surface area contributed by atoms with Crippen LogP contribution in [-0.4, -0.2) is 35.3 Å². The van der Waals surface area contributed by atoms with Gasteiger partial charge in [-0.15, -0.1) is 0 Å². The molecule has 2 unspecified atom stereocenters. The van der Waals surface area contributed by atoms with Crippen LogP contribution in [0.3, 0.4) is 0 Å². The van der Waals surface area contributed by atoms with Crippen molar-refractivity contribution in [2.24, 2.45) is 5.41 Å². The largest absolute Gasteiger partial charge is 0.378 e. The van der Waals surface area contributed by atoms with Crippen LogP contribution in [0.15, 0.2) is 12.4 Å². The van der Waals surface area contributed by atoms with Gasteiger partial charge in [0.25, 0.3) is 0 Å². The van der Waals surface area contributed by atoms with Gasteiger partial charge >= 0.3 is 0 Å². The summed E-state index contributed by atoms with van der Waals surface area (Å²) in [6.45, 7) is 3.98. The predicted molar refractivity (Wildman–Crippen MR) is 79.6 cm³/mol. The number of nitrogens with zero attached hydrogens (tertiary/aromatic N) is 1. The van der Waals surface area contributed by atoms with Crippen molar-refractivity contribution in [3.8, 4) is 0 Å². The molecule has 0 aromatic carbocycles. The highest BCUT2D eigenvalue weighted by molar-refractivity contribution is 5.09. The minimum atomic E-state index is 0.428. The summed E-state index contributed by atoms with van der Waals surface area (Å²) in [5, 5.41) is 3.77. The Hall–Kier alpha value is -0.870. The third-order valence-corrected chi connectivity index (χ3v) is 5.24. The van der Waals surface area contributed by atoms with Crippen molar-refractivity contribution in [2.75, 3.05) is 13.2 Å². The summed E-state index contributed by atoms with van der Waals surface area (Å²) in [6.07, 6.45) is 13.2. The molecule has 1 aromatic rings. The lowest BCUT2D eigenvalue weighted by atomic mass is 9.55. The van der Waals surface area contributed by atoms with E-state index in [4.69, 9.17) is 4.74 Å². The number of hydrogen-bond donors (Lipinski definition) is 2. The maximum atomic E-state index is 6.00. The zero-order valence-electron chi connectivity index (χ0n) is 12.5. The van der Waals surface area contributed by atoms with Crippen molar-refractivity contribution in [2.45, 2.75) is 64.0 Å². The quantitative estimate of drug-likeness (QED) is 0.840. The molecule has 0 amide bonds. The SMILES string of the molecule is CCOC1CC(NCCc2ncc[nH]2)C12CCCCC2. The summed E-state index contributed by atoms with van der Waals surface area (Å²) in [7, 11) is 0. The van der Waals surface area contributed by atoms with Gasteiger partial charge < -0.3 is 15.0 Å². The number of hydrogen-bond acceptors (Lipinski definition) is 3. The topological polar surface area (TPSA) is 49.9 Å². The van der Waals surface area contributed by atoms with Crippen molar-refractivity contribution < 1.29 is 4.74 Å². The monoisotopic (exact) mass is 277 g/mol. The lowest BCUT2D eigenvalue weighted by Crippen LogP contribution is -2.64. The molecular formula is C16H27N3O. The normalized spacial score (nSPS) is 28.4. The van der Waals surface area contributed by atoms with Gasteiger partial charge in [0.2, 0.25) is 0 Å². The lowest BCUT2D eigenvalue weighted by Gasteiger charge is -2.58. The number of rotatable bonds is 6. The number of nitrogens with one attached hydrogen (secondary N) is 2. The number of imidazole rings is 1. The first kappa shape index (κ1) is 14.1. The summed E-state index contributed by atoms with van der Waals surface area (Å²) >= 11 is 0. The first-order valence-electron chi connectivity index (χ1n) is 8.18. The van der Waals surface area contributed by atoms with E-state index in [0.29, 0.717) is 17.6 Å². The van der Waals surface area contributed by atoms with Crippen LogP contribution >= 0.6 is 0 Å². The second kappa shape index (κ2) is 6.27. The van der Waals surface area contributed by atoms with Gasteiger partial charge in [-0.1, -0.05) is 19.3 Å². The maximum absolute atomic E-state index is 6.00. The van der Waals surface area contributed by atoms with Gasteiger partial charge in [-0.05, 0) is 26.2 Å². The fraction of sp³-hybridized carbons (Fsp3) is 0.812. The third-order valence-electron chi connectivity index (χ3n) is 5.24. The van der Waals surface area contributed by atoms with Crippen LogP contribution in [0, 0.1) is 5.41 Å². The molecule has 1 spiro atoms. The molecule has 2 atom stereocenters. The highest BCUT2D eigenvalue weighted by Crippen LogP contribution is 2.53. The third kappa shape index (κ3) is 2.63. The summed E-state index contributed by atoms with van der Waals surface area (Å²) < 4.78 is 6.00. The van der Waals surface area contributed by atoms with Crippen LogP contribution in [0.1, 0.15) is 51.3 Å². The summed E-state index contributed by atoms with van der Waals surface area (Å²) in [6, 6.07) is 0.648. The number of ether oxygens (including phenoxy) is 1. The van der Waals surface area contributed by atoms with Gasteiger partial charge in [0, 0.05) is 43.4 Å². The Balaban J connectivity index is 1.53. The van der Waals surface area contributed by atoms with E-state index in [1.807, 2.05) is 12.4 Å². The Bertz CT molecular complexity index is 398. The average molecular weight is 277 g/mol. The molecular weight excluding hydrogens is 250 g/mol. The van der Waals surface area contributed by atoms with E-state index in [2.05, 4.69) is 22.2 Å². The minimum absolute atomic E-state index is 0.428. The summed E-state index contributed by atoms with van der Waals surface area (Å²) in [5.74, 6) is 1.08. The zero-order chi connectivity index (χ0) is 13.8. The van der Waals surface area contributed by atoms with Gasteiger partial charge in [0.1, 0.15) is 5.82 Å². The molecule has 3 rings (SSSR count). The second-order valence-electron chi connectivity index (χ2n) is 6.27. The Morgan fingerprint density at radius 2 is 2.25 bits per heavy atom. The Kier molecular flexibility index (Phi) is 4.41. The van der Waals surface area contributed by atoms with Crippen molar-refractivity contribution in [3.05, 3.63) is 18.2 Å². The Morgan fingerprint density at radius 3 is 2.95 bits per heavy atom. The molecule has 1 aromatic heterocycles. The highest BCUT2D eigenvalue weighted by Gasteiger charge is 2.55. The van der Waals surface area contributed by atoms with Gasteiger partial charge in [-0.25, -0.2) is 4.98 Å². The fourth-order valence-electron chi connectivity index (χ4n) is 4.15. The van der Waals surface area contributed by atoms with E-state index in [-0.39, 0.29) is 0 Å². The maximum Gasteiger partial charge on any atom is 0.107 e. The molecule has 0 saturated heterocycles. The van der Waals surface area contributed by atoms with Gasteiger partial charge in [0.05, 0.1) is 6.10 Å². The number of H-pyrrole nitrogens is 1. The van der Waals surface area contributed by atoms with E-state index >= 15 is 0 Å². The van der Waals surface area contributed by atoms with Gasteiger partial charge in [-0.2, -0.15) is 0 Å². The molecule has 0 bridgehead atoms. The summed E-state index contributed by atoms with van der Waals surface area (Å²) in [5.41, 5.74) is 0.428. The van der Waals surface area contributed by atoms with Crippen LogP contribution < -0.4 is 5.32 Å². The average Bonchev–Trinajstić information content (AvgIpc) is 3.00. The molecule has 20 heavy (non-hydrogen) atoms. The molecule has 0 aliphatic heterocycles. The van der Waals surface area contributed by atoms with Crippen LogP contribution in [0.5, 0.6) is 0 Å². The van der Waals surface area contributed by atoms with E-state index < -0.39 is 0 Å². The highest BCUT2D eigenvalue weighted by atomic mass is 16.5. The Morgan fingerprint density at radius 1 is 1.40 bits per heavy atom. The van der Waals surface area contributed by atoms with Gasteiger partial charge in [0.15, 0.2) is 0 Å². The minimum Gasteiger partial charge on any atom is -0.378 e. The number of aromatic nitrogens is 2. The first-order valence-corrected chi connectivity index (χ1v) is 8.18. The number of aromatic amines is 1. The molecule has 0 radical (unpaired) electrons. The molecule has 2 fully saturated rings. The fourth-order valence-corrected chi connectivity index (χ4v) is 4.15. The van der Waals surface area contributed by atoms with E-state index in [9.17, 15) is 0 Å². The van der Waals surface area contributed by atoms with E-state index in [1.54, 1.807) is 0 Å². The summed E-state index contributed by atoms with van der Waals surface area (Å²) in [4.78, 5) is 7.46. The molecule has 4 nitrogen and oxygen atoms in total. The molecule has 2 N–H and O–H groups in total. The van der Waals surface area contributed by atoms with Crippen molar-refractivity contribution in [1.82, 2.24) is 15.3 Å². The molecule has 2 aliphatic carbocycles. The lowest BCUT2D eigenvalue weighted by molar-refractivity contribution is -0.149. The van der Waals surface area contributed by atoms with Gasteiger partial charge in [-0.3, -0.25) is 0 Å². The Labute approximate surface area is 121 Å². The standard InChI is InChI=1S/C16H27N3O/c1-2-20-14-12-13(16(14)7-4-3-5-8-16)17-9-6-15-18-10-11-19-15/h10-11,13-14,17H,2-9,12H2,1H3,(H,18,19).